The van der Waals surface area contributed by atoms with E-state index in [0.717, 1.165) is 24.0 Å². The Labute approximate surface area is 215 Å². The van der Waals surface area contributed by atoms with Crippen molar-refractivity contribution in [2.75, 3.05) is 13.1 Å². The summed E-state index contributed by atoms with van der Waals surface area (Å²) in [6.45, 7) is 4.95. The maximum absolute atomic E-state index is 13.8. The number of fused-ring (bicyclic) bond motifs is 2. The van der Waals surface area contributed by atoms with Crippen molar-refractivity contribution in [1.29, 1.82) is 0 Å². The minimum Gasteiger partial charge on any atom is -0.404 e. The topological polar surface area (TPSA) is 48.0 Å². The third-order valence-corrected chi connectivity index (χ3v) is 8.64. The van der Waals surface area contributed by atoms with E-state index in [9.17, 15) is 4.57 Å². The number of phosphoric ester groups is 1. The molecule has 1 fully saturated rings. The Morgan fingerprint density at radius 3 is 2.17 bits per heavy atom. The molecular weight excluding hydrogens is 469 g/mol. The van der Waals surface area contributed by atoms with Crippen LogP contribution in [0.25, 0.3) is 0 Å². The van der Waals surface area contributed by atoms with Gasteiger partial charge in [0.1, 0.15) is 5.75 Å². The van der Waals surface area contributed by atoms with Gasteiger partial charge in [0, 0.05) is 6.04 Å². The zero-order valence-corrected chi connectivity index (χ0v) is 21.9. The molecule has 1 aliphatic carbocycles. The molecule has 1 saturated heterocycles. The lowest BCUT2D eigenvalue weighted by Crippen LogP contribution is -2.49. The van der Waals surface area contributed by atoms with E-state index in [4.69, 9.17) is 13.6 Å². The smallest absolute Gasteiger partial charge is 0.404 e. The Kier molecular flexibility index (Phi) is 8.23. The standard InChI is InChI=1S/C30H36NO4P/c1-2-17-31-18-9-14-27-19-28-20-29(16-15-26(28)21-30(27)31)35-36(32,33-22-24-10-5-3-6-11-24)34-23-25-12-7-4-8-13-25/h3-8,10-13,15-16,20,27,30H,2,9,14,17-19,21-23H2,1H3/t27-,30-/m1/s1. The molecular formula is C30H36NO4P. The molecule has 2 aliphatic rings. The van der Waals surface area contributed by atoms with Crippen LogP contribution in [0.3, 0.4) is 0 Å². The van der Waals surface area contributed by atoms with Gasteiger partial charge in [0.25, 0.3) is 0 Å². The highest BCUT2D eigenvalue weighted by Gasteiger charge is 2.36. The summed E-state index contributed by atoms with van der Waals surface area (Å²) in [5.74, 6) is 1.21. The van der Waals surface area contributed by atoms with Crippen molar-refractivity contribution in [3.63, 3.8) is 0 Å². The Hall–Kier alpha value is -2.43. The van der Waals surface area contributed by atoms with Gasteiger partial charge in [-0.05, 0) is 85.5 Å². The molecule has 36 heavy (non-hydrogen) atoms. The molecule has 0 bridgehead atoms. The second-order valence-electron chi connectivity index (χ2n) is 9.90. The molecule has 0 unspecified atom stereocenters. The third-order valence-electron chi connectivity index (χ3n) is 7.31. The summed E-state index contributed by atoms with van der Waals surface area (Å²) < 4.78 is 31.4. The average molecular weight is 506 g/mol. The normalized spacial score (nSPS) is 19.9. The van der Waals surface area contributed by atoms with Crippen molar-refractivity contribution < 1.29 is 18.1 Å². The van der Waals surface area contributed by atoms with Crippen molar-refractivity contribution in [2.45, 2.75) is 58.3 Å². The minimum atomic E-state index is -3.86. The van der Waals surface area contributed by atoms with Crippen molar-refractivity contribution >= 4 is 7.82 Å². The molecule has 2 atom stereocenters. The first-order valence-electron chi connectivity index (χ1n) is 13.1. The van der Waals surface area contributed by atoms with Gasteiger partial charge in [-0.1, -0.05) is 73.7 Å². The summed E-state index contributed by atoms with van der Waals surface area (Å²) in [6, 6.07) is 26.1. The lowest BCUT2D eigenvalue weighted by Gasteiger charge is -2.44. The summed E-state index contributed by atoms with van der Waals surface area (Å²) >= 11 is 0. The van der Waals surface area contributed by atoms with Crippen LogP contribution in [-0.2, 0) is 39.7 Å². The number of rotatable bonds is 10. The molecule has 1 aliphatic heterocycles. The van der Waals surface area contributed by atoms with E-state index in [0.29, 0.717) is 17.7 Å². The van der Waals surface area contributed by atoms with E-state index < -0.39 is 7.82 Å². The maximum Gasteiger partial charge on any atom is 0.530 e. The van der Waals surface area contributed by atoms with Gasteiger partial charge in [0.2, 0.25) is 0 Å². The number of piperidine rings is 1. The summed E-state index contributed by atoms with van der Waals surface area (Å²) in [5.41, 5.74) is 4.49. The van der Waals surface area contributed by atoms with E-state index in [1.54, 1.807) is 0 Å². The number of nitrogens with zero attached hydrogens (tertiary/aromatic N) is 1. The summed E-state index contributed by atoms with van der Waals surface area (Å²) in [5, 5.41) is 0. The largest absolute Gasteiger partial charge is 0.530 e. The summed E-state index contributed by atoms with van der Waals surface area (Å²) in [4.78, 5) is 2.69. The van der Waals surface area contributed by atoms with Gasteiger partial charge < -0.3 is 4.52 Å². The summed E-state index contributed by atoms with van der Waals surface area (Å²) in [7, 11) is -3.86. The Morgan fingerprint density at radius 2 is 1.53 bits per heavy atom. The highest BCUT2D eigenvalue weighted by atomic mass is 31.2. The number of hydrogen-bond acceptors (Lipinski definition) is 5. The molecule has 0 aromatic heterocycles. The van der Waals surface area contributed by atoms with Gasteiger partial charge in [-0.3, -0.25) is 13.9 Å². The maximum atomic E-state index is 13.8. The molecule has 0 N–H and O–H groups in total. The van der Waals surface area contributed by atoms with E-state index in [1.165, 1.54) is 43.5 Å². The molecule has 0 spiro atoms. The van der Waals surface area contributed by atoms with Gasteiger partial charge in [-0.15, -0.1) is 0 Å². The second kappa shape index (κ2) is 11.7. The predicted octanol–water partition coefficient (Wildman–Crippen LogP) is 7.20. The van der Waals surface area contributed by atoms with Crippen LogP contribution < -0.4 is 4.52 Å². The van der Waals surface area contributed by atoms with Gasteiger partial charge in [-0.25, -0.2) is 4.57 Å². The Balaban J connectivity index is 1.32. The van der Waals surface area contributed by atoms with E-state index in [2.05, 4.69) is 24.0 Å². The molecule has 5 nitrogen and oxygen atoms in total. The van der Waals surface area contributed by atoms with Gasteiger partial charge in [-0.2, -0.15) is 0 Å². The quantitative estimate of drug-likeness (QED) is 0.273. The van der Waals surface area contributed by atoms with Gasteiger partial charge >= 0.3 is 7.82 Å². The van der Waals surface area contributed by atoms with Crippen LogP contribution in [0.1, 0.15) is 48.4 Å². The van der Waals surface area contributed by atoms with E-state index in [1.807, 2.05) is 66.7 Å². The minimum absolute atomic E-state index is 0.148. The third kappa shape index (κ3) is 6.27. The molecule has 5 rings (SSSR count). The first kappa shape index (κ1) is 25.2. The molecule has 1 heterocycles. The van der Waals surface area contributed by atoms with Crippen LogP contribution >= 0.6 is 7.82 Å². The zero-order chi connectivity index (χ0) is 24.8. The van der Waals surface area contributed by atoms with Crippen LogP contribution in [0.2, 0.25) is 0 Å². The van der Waals surface area contributed by atoms with Gasteiger partial charge in [0.15, 0.2) is 0 Å². The fourth-order valence-electron chi connectivity index (χ4n) is 5.54. The molecule has 6 heteroatoms. The Morgan fingerprint density at radius 1 is 0.861 bits per heavy atom. The van der Waals surface area contributed by atoms with Crippen molar-refractivity contribution in [1.82, 2.24) is 4.90 Å². The van der Waals surface area contributed by atoms with Crippen molar-refractivity contribution in [3.05, 3.63) is 101 Å². The number of phosphoric acid groups is 1. The average Bonchev–Trinajstić information content (AvgIpc) is 2.91. The van der Waals surface area contributed by atoms with Gasteiger partial charge in [0.05, 0.1) is 13.2 Å². The van der Waals surface area contributed by atoms with Crippen molar-refractivity contribution in [3.8, 4) is 5.75 Å². The fourth-order valence-corrected chi connectivity index (χ4v) is 6.71. The fraction of sp³-hybridized carbons (Fsp3) is 0.400. The van der Waals surface area contributed by atoms with E-state index in [-0.39, 0.29) is 13.2 Å². The molecule has 3 aromatic rings. The van der Waals surface area contributed by atoms with Crippen LogP contribution in [0.5, 0.6) is 5.75 Å². The zero-order valence-electron chi connectivity index (χ0n) is 21.1. The molecule has 0 amide bonds. The second-order valence-corrected chi connectivity index (χ2v) is 11.5. The van der Waals surface area contributed by atoms with Crippen LogP contribution in [0.4, 0.5) is 0 Å². The lowest BCUT2D eigenvalue weighted by atomic mass is 9.75. The Bertz CT molecular complexity index is 1120. The molecule has 0 saturated carbocycles. The highest BCUT2D eigenvalue weighted by molar-refractivity contribution is 7.48. The van der Waals surface area contributed by atoms with Crippen LogP contribution in [-0.4, -0.2) is 24.0 Å². The molecule has 3 aromatic carbocycles. The van der Waals surface area contributed by atoms with Crippen molar-refractivity contribution in [2.24, 2.45) is 5.92 Å². The van der Waals surface area contributed by atoms with E-state index >= 15 is 0 Å². The number of likely N-dealkylation sites (tertiary alicyclic amines) is 1. The first-order chi connectivity index (χ1) is 17.6. The first-order valence-corrected chi connectivity index (χ1v) is 14.6. The SMILES string of the molecule is CCCN1CCC[C@@H]2Cc3cc(OP(=O)(OCc4ccccc4)OCc4ccccc4)ccc3C[C@H]21. The van der Waals surface area contributed by atoms with Crippen LogP contribution in [0.15, 0.2) is 78.9 Å². The molecule has 190 valence electrons. The highest BCUT2D eigenvalue weighted by Crippen LogP contribution is 2.51. The molecule has 0 radical (unpaired) electrons. The predicted molar refractivity (Wildman–Crippen MR) is 143 cm³/mol. The van der Waals surface area contributed by atoms with Crippen LogP contribution in [0, 0.1) is 5.92 Å². The monoisotopic (exact) mass is 505 g/mol. The number of benzene rings is 3. The summed E-state index contributed by atoms with van der Waals surface area (Å²) in [6.07, 6.45) is 5.85. The number of hydrogen-bond donors (Lipinski definition) is 0. The lowest BCUT2D eigenvalue weighted by molar-refractivity contribution is 0.0854.